The minimum Gasteiger partial charge on any atom is -0.495 e. The van der Waals surface area contributed by atoms with Crippen molar-refractivity contribution < 1.29 is 19.0 Å². The molecule has 0 aliphatic rings. The van der Waals surface area contributed by atoms with E-state index >= 15 is 0 Å². The van der Waals surface area contributed by atoms with Crippen LogP contribution in [0.5, 0.6) is 17.2 Å². The normalized spacial score (nSPS) is 10.6. The van der Waals surface area contributed by atoms with Gasteiger partial charge >= 0.3 is 0 Å². The number of ether oxygens (including phenoxy) is 3. The highest BCUT2D eigenvalue weighted by molar-refractivity contribution is 6.32. The lowest BCUT2D eigenvalue weighted by atomic mass is 10.1. The lowest BCUT2D eigenvalue weighted by molar-refractivity contribution is -0.112. The molecular formula is C21H19ClN2O4. The number of nitrogens with zero attached hydrogens (tertiary/aromatic N) is 1. The van der Waals surface area contributed by atoms with Crippen molar-refractivity contribution in [1.29, 1.82) is 5.26 Å². The summed E-state index contributed by atoms with van der Waals surface area (Å²) in [4.78, 5) is 12.5. The Morgan fingerprint density at radius 1 is 1.21 bits per heavy atom. The number of nitrogens with one attached hydrogen (secondary N) is 1. The van der Waals surface area contributed by atoms with E-state index in [1.54, 1.807) is 30.3 Å². The van der Waals surface area contributed by atoms with Gasteiger partial charge in [0.05, 0.1) is 24.9 Å². The molecule has 0 unspecified atom stereocenters. The highest BCUT2D eigenvalue weighted by atomic mass is 35.5. The maximum atomic E-state index is 12.5. The molecule has 0 bridgehead atoms. The maximum Gasteiger partial charge on any atom is 0.266 e. The molecule has 7 heteroatoms. The maximum absolute atomic E-state index is 12.5. The average molecular weight is 399 g/mol. The van der Waals surface area contributed by atoms with Crippen LogP contribution in [0.4, 0.5) is 5.69 Å². The molecule has 0 fully saturated rings. The molecule has 0 aromatic heterocycles. The number of nitriles is 1. The number of benzene rings is 2. The minimum atomic E-state index is -0.586. The van der Waals surface area contributed by atoms with Gasteiger partial charge < -0.3 is 19.5 Å². The number of carbonyl (C=O) groups is 1. The van der Waals surface area contributed by atoms with Crippen molar-refractivity contribution in [3.8, 4) is 23.3 Å². The molecule has 1 amide bonds. The van der Waals surface area contributed by atoms with Crippen LogP contribution in [0.2, 0.25) is 5.02 Å². The van der Waals surface area contributed by atoms with Crippen LogP contribution in [0.1, 0.15) is 5.56 Å². The van der Waals surface area contributed by atoms with Crippen LogP contribution in [0.15, 0.2) is 54.6 Å². The van der Waals surface area contributed by atoms with Crippen LogP contribution in [0, 0.1) is 11.3 Å². The fraction of sp³-hybridized carbons (Fsp3) is 0.143. The molecule has 0 radical (unpaired) electrons. The van der Waals surface area contributed by atoms with E-state index in [0.29, 0.717) is 40.1 Å². The Bertz CT molecular complexity index is 931. The van der Waals surface area contributed by atoms with Crippen molar-refractivity contribution in [3.05, 3.63) is 65.2 Å². The Kier molecular flexibility index (Phi) is 7.49. The van der Waals surface area contributed by atoms with E-state index < -0.39 is 5.91 Å². The molecule has 2 aromatic carbocycles. The van der Waals surface area contributed by atoms with E-state index in [1.165, 1.54) is 32.4 Å². The fourth-order valence-corrected chi connectivity index (χ4v) is 2.51. The third-order valence-corrected chi connectivity index (χ3v) is 3.94. The summed E-state index contributed by atoms with van der Waals surface area (Å²) in [5.41, 5.74) is 0.942. The van der Waals surface area contributed by atoms with E-state index in [1.807, 2.05) is 6.07 Å². The van der Waals surface area contributed by atoms with E-state index in [2.05, 4.69) is 11.9 Å². The second-order valence-electron chi connectivity index (χ2n) is 5.48. The van der Waals surface area contributed by atoms with E-state index in [-0.39, 0.29) is 5.57 Å². The first-order chi connectivity index (χ1) is 13.5. The number of hydrogen-bond acceptors (Lipinski definition) is 5. The van der Waals surface area contributed by atoms with Crippen LogP contribution in [0.3, 0.4) is 0 Å². The topological polar surface area (TPSA) is 80.6 Å². The Morgan fingerprint density at radius 2 is 1.89 bits per heavy atom. The molecule has 2 aromatic rings. The van der Waals surface area contributed by atoms with Crippen LogP contribution in [-0.2, 0) is 4.79 Å². The smallest absolute Gasteiger partial charge is 0.266 e. The summed E-state index contributed by atoms with van der Waals surface area (Å²) >= 11 is 6.06. The average Bonchev–Trinajstić information content (AvgIpc) is 2.72. The highest BCUT2D eigenvalue weighted by Crippen LogP contribution is 2.36. The number of methoxy groups -OCH3 is 2. The first kappa shape index (κ1) is 20.9. The monoisotopic (exact) mass is 398 g/mol. The van der Waals surface area contributed by atoms with Gasteiger partial charge in [0.25, 0.3) is 5.91 Å². The van der Waals surface area contributed by atoms with Gasteiger partial charge in [-0.15, -0.1) is 0 Å². The SMILES string of the molecule is C=CCOc1ccc(/C=C(\C#N)C(=O)Nc2cc(OC)c(Cl)cc2OC)cc1. The predicted octanol–water partition coefficient (Wildman–Crippen LogP) is 4.47. The first-order valence-corrected chi connectivity index (χ1v) is 8.58. The number of carbonyl (C=O) groups excluding carboxylic acids is 1. The Hall–Kier alpha value is -3.43. The van der Waals surface area contributed by atoms with Crippen LogP contribution in [-0.4, -0.2) is 26.7 Å². The van der Waals surface area contributed by atoms with Gasteiger partial charge in [-0.25, -0.2) is 0 Å². The van der Waals surface area contributed by atoms with Gasteiger partial charge in [0.15, 0.2) is 0 Å². The van der Waals surface area contributed by atoms with Crippen molar-refractivity contribution in [1.82, 2.24) is 0 Å². The first-order valence-electron chi connectivity index (χ1n) is 8.20. The Balaban J connectivity index is 2.23. The third kappa shape index (κ3) is 5.29. The van der Waals surface area contributed by atoms with Gasteiger partial charge in [0, 0.05) is 12.1 Å². The third-order valence-electron chi connectivity index (χ3n) is 3.65. The Labute approximate surface area is 168 Å². The summed E-state index contributed by atoms with van der Waals surface area (Å²) in [6.07, 6.45) is 3.12. The molecule has 0 saturated carbocycles. The molecule has 0 atom stereocenters. The summed E-state index contributed by atoms with van der Waals surface area (Å²) < 4.78 is 15.8. The van der Waals surface area contributed by atoms with E-state index in [4.69, 9.17) is 25.8 Å². The second-order valence-corrected chi connectivity index (χ2v) is 5.89. The van der Waals surface area contributed by atoms with Crippen LogP contribution >= 0.6 is 11.6 Å². The van der Waals surface area contributed by atoms with E-state index in [9.17, 15) is 10.1 Å². The zero-order valence-corrected chi connectivity index (χ0v) is 16.2. The molecular weight excluding hydrogens is 380 g/mol. The largest absolute Gasteiger partial charge is 0.495 e. The predicted molar refractivity (Wildman–Crippen MR) is 109 cm³/mol. The second kappa shape index (κ2) is 10.0. The van der Waals surface area contributed by atoms with Gasteiger partial charge in [0.2, 0.25) is 0 Å². The van der Waals surface area contributed by atoms with Gasteiger partial charge in [-0.1, -0.05) is 36.4 Å². The zero-order valence-electron chi connectivity index (χ0n) is 15.5. The van der Waals surface area contributed by atoms with Crippen molar-refractivity contribution in [2.45, 2.75) is 0 Å². The molecule has 144 valence electrons. The van der Waals surface area contributed by atoms with Gasteiger partial charge in [-0.3, -0.25) is 4.79 Å². The molecule has 0 spiro atoms. The molecule has 2 rings (SSSR count). The zero-order chi connectivity index (χ0) is 20.5. The molecule has 1 N–H and O–H groups in total. The number of rotatable bonds is 8. The highest BCUT2D eigenvalue weighted by Gasteiger charge is 2.15. The van der Waals surface area contributed by atoms with Crippen molar-refractivity contribution in [3.63, 3.8) is 0 Å². The molecule has 0 saturated heterocycles. The van der Waals surface area contributed by atoms with Gasteiger partial charge in [-0.2, -0.15) is 5.26 Å². The van der Waals surface area contributed by atoms with Gasteiger partial charge in [-0.05, 0) is 23.8 Å². The van der Waals surface area contributed by atoms with Crippen LogP contribution < -0.4 is 19.5 Å². The molecule has 28 heavy (non-hydrogen) atoms. The summed E-state index contributed by atoms with van der Waals surface area (Å²) in [5.74, 6) is 0.797. The number of anilines is 1. The molecule has 0 aliphatic heterocycles. The Morgan fingerprint density at radius 3 is 2.46 bits per heavy atom. The number of hydrogen-bond donors (Lipinski definition) is 1. The molecule has 0 aliphatic carbocycles. The van der Waals surface area contributed by atoms with E-state index in [0.717, 1.165) is 0 Å². The molecule has 0 heterocycles. The number of amides is 1. The van der Waals surface area contributed by atoms with Crippen molar-refractivity contribution in [2.75, 3.05) is 26.1 Å². The number of halogens is 1. The van der Waals surface area contributed by atoms with Crippen molar-refractivity contribution >= 4 is 29.3 Å². The van der Waals surface area contributed by atoms with Crippen molar-refractivity contribution in [2.24, 2.45) is 0 Å². The lowest BCUT2D eigenvalue weighted by Gasteiger charge is -2.13. The lowest BCUT2D eigenvalue weighted by Crippen LogP contribution is -2.14. The summed E-state index contributed by atoms with van der Waals surface area (Å²) in [7, 11) is 2.91. The van der Waals surface area contributed by atoms with Gasteiger partial charge in [0.1, 0.15) is 35.5 Å². The van der Waals surface area contributed by atoms with Crippen LogP contribution in [0.25, 0.3) is 6.08 Å². The summed E-state index contributed by atoms with van der Waals surface area (Å²) in [5, 5.41) is 12.4. The fourth-order valence-electron chi connectivity index (χ4n) is 2.28. The minimum absolute atomic E-state index is 0.0734. The standard InChI is InChI=1S/C21H19ClN2O4/c1-4-9-28-16-7-5-14(6-8-16)10-15(13-23)21(25)24-18-12-19(26-2)17(22)11-20(18)27-3/h4-8,10-12H,1,9H2,2-3H3,(H,24,25)/b15-10+. The quantitative estimate of drug-likeness (QED) is 0.403. The molecule has 6 nitrogen and oxygen atoms in total. The summed E-state index contributed by atoms with van der Waals surface area (Å²) in [6, 6.07) is 11.9. The summed E-state index contributed by atoms with van der Waals surface area (Å²) in [6.45, 7) is 3.98.